The van der Waals surface area contributed by atoms with Crippen LogP contribution in [0.1, 0.15) is 12.0 Å². The molecule has 0 heterocycles. The van der Waals surface area contributed by atoms with Crippen LogP contribution < -0.4 is 10.5 Å². The number of carbonyl (C=O) groups is 1. The van der Waals surface area contributed by atoms with E-state index < -0.39 is 39.7 Å². The Bertz CT molecular complexity index is 659. The van der Waals surface area contributed by atoms with Gasteiger partial charge in [0.1, 0.15) is 0 Å². The Morgan fingerprint density at radius 1 is 1.22 bits per heavy atom. The zero-order valence-electron chi connectivity index (χ0n) is 12.8. The van der Waals surface area contributed by atoms with E-state index in [1.165, 1.54) is 12.1 Å². The van der Waals surface area contributed by atoms with Gasteiger partial charge < -0.3 is 15.9 Å². The molecule has 0 saturated heterocycles. The zero-order chi connectivity index (χ0) is 17.2. The van der Waals surface area contributed by atoms with Gasteiger partial charge in [-0.2, -0.15) is 0 Å². The molecule has 1 aromatic rings. The van der Waals surface area contributed by atoms with Crippen molar-refractivity contribution in [1.82, 2.24) is 4.72 Å². The number of aliphatic hydroxyl groups is 2. The van der Waals surface area contributed by atoms with Gasteiger partial charge in [0.25, 0.3) is 0 Å². The minimum Gasteiger partial charge on any atom is -0.396 e. The number of nitrogens with one attached hydrogen (secondary N) is 1. The molecule has 1 saturated carbocycles. The fourth-order valence-electron chi connectivity index (χ4n) is 3.19. The van der Waals surface area contributed by atoms with E-state index in [2.05, 4.69) is 4.72 Å². The third kappa shape index (κ3) is 3.72. The number of primary amides is 1. The molecule has 8 heteroatoms. The van der Waals surface area contributed by atoms with Crippen molar-refractivity contribution in [3.63, 3.8) is 0 Å². The SMILES string of the molecule is Cc1ccc(S(=O)(=O)NC2C(CO)CC(CO)C2C(N)=O)cc1. The number of sulfonamides is 1. The second-order valence-corrected chi connectivity index (χ2v) is 7.72. The van der Waals surface area contributed by atoms with Gasteiger partial charge in [0.2, 0.25) is 15.9 Å². The summed E-state index contributed by atoms with van der Waals surface area (Å²) >= 11 is 0. The molecule has 0 aliphatic heterocycles. The molecule has 0 bridgehead atoms. The second kappa shape index (κ2) is 6.96. The Kier molecular flexibility index (Phi) is 5.41. The average molecular weight is 342 g/mol. The Labute approximate surface area is 135 Å². The number of hydrogen-bond donors (Lipinski definition) is 4. The predicted octanol–water partition coefficient (Wildman–Crippen LogP) is -0.636. The molecule has 1 aromatic carbocycles. The quantitative estimate of drug-likeness (QED) is 0.547. The van der Waals surface area contributed by atoms with Crippen LogP contribution in [0.25, 0.3) is 0 Å². The molecule has 128 valence electrons. The minimum absolute atomic E-state index is 0.0791. The van der Waals surface area contributed by atoms with Crippen LogP contribution in [0.5, 0.6) is 0 Å². The van der Waals surface area contributed by atoms with Gasteiger partial charge in [0.15, 0.2) is 0 Å². The number of amides is 1. The first-order valence-corrected chi connectivity index (χ1v) is 8.88. The summed E-state index contributed by atoms with van der Waals surface area (Å²) in [5, 5.41) is 18.9. The summed E-state index contributed by atoms with van der Waals surface area (Å²) in [6, 6.07) is 5.47. The molecule has 1 aliphatic rings. The Morgan fingerprint density at radius 2 is 1.78 bits per heavy atom. The van der Waals surface area contributed by atoms with E-state index in [9.17, 15) is 23.4 Å². The van der Waals surface area contributed by atoms with Crippen molar-refractivity contribution in [3.05, 3.63) is 29.8 Å². The molecular formula is C15H22N2O5S. The van der Waals surface area contributed by atoms with E-state index in [4.69, 9.17) is 5.73 Å². The summed E-state index contributed by atoms with van der Waals surface area (Å²) in [6.45, 7) is 1.27. The number of benzene rings is 1. The van der Waals surface area contributed by atoms with Crippen molar-refractivity contribution < 1.29 is 23.4 Å². The first-order chi connectivity index (χ1) is 10.8. The third-order valence-corrected chi connectivity index (χ3v) is 5.90. The van der Waals surface area contributed by atoms with E-state index in [0.29, 0.717) is 6.42 Å². The number of aryl methyl sites for hydroxylation is 1. The monoisotopic (exact) mass is 342 g/mol. The lowest BCUT2D eigenvalue weighted by Gasteiger charge is -2.24. The third-order valence-electron chi connectivity index (χ3n) is 4.43. The van der Waals surface area contributed by atoms with E-state index >= 15 is 0 Å². The fourth-order valence-corrected chi connectivity index (χ4v) is 4.52. The molecule has 2 rings (SSSR count). The highest BCUT2D eigenvalue weighted by Crippen LogP contribution is 2.37. The normalized spacial score (nSPS) is 28.0. The molecule has 23 heavy (non-hydrogen) atoms. The maximum Gasteiger partial charge on any atom is 0.240 e. The van der Waals surface area contributed by atoms with Crippen LogP contribution in [-0.2, 0) is 14.8 Å². The Balaban J connectivity index is 2.30. The standard InChI is InChI=1S/C15H22N2O5S/c1-9-2-4-12(5-3-9)23(21,22)17-14-11(8-19)6-10(7-18)13(14)15(16)20/h2-5,10-11,13-14,17-19H,6-8H2,1H3,(H2,16,20). The maximum atomic E-state index is 12.5. The van der Waals surface area contributed by atoms with E-state index in [1.807, 2.05) is 6.92 Å². The van der Waals surface area contributed by atoms with Gasteiger partial charge in [0.05, 0.1) is 10.8 Å². The van der Waals surface area contributed by atoms with Crippen molar-refractivity contribution in [3.8, 4) is 0 Å². The predicted molar refractivity (Wildman–Crippen MR) is 83.7 cm³/mol. The highest BCUT2D eigenvalue weighted by atomic mass is 32.2. The molecule has 1 fully saturated rings. The average Bonchev–Trinajstić information content (AvgIpc) is 2.84. The molecule has 1 aliphatic carbocycles. The van der Waals surface area contributed by atoms with Gasteiger partial charge >= 0.3 is 0 Å². The van der Waals surface area contributed by atoms with Crippen molar-refractivity contribution in [2.24, 2.45) is 23.5 Å². The number of rotatable bonds is 6. The summed E-state index contributed by atoms with van der Waals surface area (Å²) in [7, 11) is -3.85. The lowest BCUT2D eigenvalue weighted by molar-refractivity contribution is -0.123. The van der Waals surface area contributed by atoms with Crippen molar-refractivity contribution in [2.45, 2.75) is 24.3 Å². The van der Waals surface area contributed by atoms with Crippen LogP contribution in [0.4, 0.5) is 0 Å². The first kappa shape index (κ1) is 17.9. The highest BCUT2D eigenvalue weighted by Gasteiger charge is 2.47. The molecule has 1 amide bonds. The molecule has 0 aromatic heterocycles. The lowest BCUT2D eigenvalue weighted by Crippen LogP contribution is -2.47. The van der Waals surface area contributed by atoms with Crippen LogP contribution in [0.15, 0.2) is 29.2 Å². The molecule has 4 unspecified atom stereocenters. The van der Waals surface area contributed by atoms with Crippen LogP contribution in [0.2, 0.25) is 0 Å². The number of nitrogens with two attached hydrogens (primary N) is 1. The lowest BCUT2D eigenvalue weighted by atomic mass is 9.93. The molecule has 4 atom stereocenters. The smallest absolute Gasteiger partial charge is 0.240 e. The van der Waals surface area contributed by atoms with E-state index in [-0.39, 0.29) is 18.1 Å². The van der Waals surface area contributed by atoms with E-state index in [0.717, 1.165) is 5.56 Å². The van der Waals surface area contributed by atoms with Crippen LogP contribution >= 0.6 is 0 Å². The fraction of sp³-hybridized carbons (Fsp3) is 0.533. The van der Waals surface area contributed by atoms with Gasteiger partial charge in [-0.05, 0) is 37.3 Å². The van der Waals surface area contributed by atoms with Gasteiger partial charge in [-0.3, -0.25) is 4.79 Å². The molecule has 7 nitrogen and oxygen atoms in total. The summed E-state index contributed by atoms with van der Waals surface area (Å²) in [6.07, 6.45) is 0.335. The molecule has 0 radical (unpaired) electrons. The van der Waals surface area contributed by atoms with Gasteiger partial charge in [-0.25, -0.2) is 13.1 Å². The molecule has 0 spiro atoms. The van der Waals surface area contributed by atoms with Crippen LogP contribution in [0.3, 0.4) is 0 Å². The second-order valence-electron chi connectivity index (χ2n) is 6.01. The zero-order valence-corrected chi connectivity index (χ0v) is 13.7. The number of aliphatic hydroxyl groups excluding tert-OH is 2. The Morgan fingerprint density at radius 3 is 2.26 bits per heavy atom. The first-order valence-electron chi connectivity index (χ1n) is 7.40. The van der Waals surface area contributed by atoms with Gasteiger partial charge in [-0.1, -0.05) is 17.7 Å². The topological polar surface area (TPSA) is 130 Å². The number of hydrogen-bond acceptors (Lipinski definition) is 5. The van der Waals surface area contributed by atoms with E-state index in [1.54, 1.807) is 12.1 Å². The van der Waals surface area contributed by atoms with Gasteiger partial charge in [-0.15, -0.1) is 0 Å². The minimum atomic E-state index is -3.85. The maximum absolute atomic E-state index is 12.5. The van der Waals surface area contributed by atoms with Crippen LogP contribution in [0, 0.1) is 24.7 Å². The largest absolute Gasteiger partial charge is 0.396 e. The molecular weight excluding hydrogens is 320 g/mol. The summed E-state index contributed by atoms with van der Waals surface area (Å²) < 4.78 is 27.5. The van der Waals surface area contributed by atoms with Crippen molar-refractivity contribution in [1.29, 1.82) is 0 Å². The molecule has 5 N–H and O–H groups in total. The number of carbonyl (C=O) groups excluding carboxylic acids is 1. The van der Waals surface area contributed by atoms with Crippen LogP contribution in [-0.4, -0.2) is 43.8 Å². The Hall–Kier alpha value is -1.48. The highest BCUT2D eigenvalue weighted by molar-refractivity contribution is 7.89. The summed E-state index contributed by atoms with van der Waals surface area (Å²) in [4.78, 5) is 11.8. The summed E-state index contributed by atoms with van der Waals surface area (Å²) in [5.74, 6) is -2.46. The van der Waals surface area contributed by atoms with Crippen molar-refractivity contribution >= 4 is 15.9 Å². The van der Waals surface area contributed by atoms with Crippen molar-refractivity contribution in [2.75, 3.05) is 13.2 Å². The summed E-state index contributed by atoms with van der Waals surface area (Å²) in [5.41, 5.74) is 6.31. The van der Waals surface area contributed by atoms with Gasteiger partial charge in [0, 0.05) is 19.3 Å².